The fraction of sp³-hybridized carbons (Fsp3) is 0.222. The largest absolute Gasteiger partial charge is 0.465 e. The monoisotopic (exact) mass is 394 g/mol. The maximum absolute atomic E-state index is 13.6. The second-order valence-corrected chi connectivity index (χ2v) is 7.36. The third-order valence-electron chi connectivity index (χ3n) is 3.44. The third kappa shape index (κ3) is 5.27. The molecule has 2 aromatic rings. The summed E-state index contributed by atoms with van der Waals surface area (Å²) in [4.78, 5) is 22.9. The van der Waals surface area contributed by atoms with E-state index in [1.165, 1.54) is 49.4 Å². The van der Waals surface area contributed by atoms with E-state index >= 15 is 0 Å². The smallest absolute Gasteiger partial charge is 0.326 e. The number of nitrogens with zero attached hydrogens (tertiary/aromatic N) is 1. The van der Waals surface area contributed by atoms with Crippen molar-refractivity contribution in [3.63, 3.8) is 0 Å². The molecule has 1 N–H and O–H groups in total. The molecule has 0 aromatic heterocycles. The Morgan fingerprint density at radius 2 is 1.81 bits per heavy atom. The molecular weight excluding hydrogens is 375 g/mol. The Morgan fingerprint density at radius 1 is 1.15 bits per heavy atom. The first-order valence-electron chi connectivity index (χ1n) is 8.05. The fourth-order valence-electron chi connectivity index (χ4n) is 2.31. The van der Waals surface area contributed by atoms with Gasteiger partial charge in [-0.15, -0.1) is 0 Å². The summed E-state index contributed by atoms with van der Waals surface area (Å²) in [6.45, 7) is 2.41. The van der Waals surface area contributed by atoms with Crippen LogP contribution in [0.15, 0.2) is 53.4 Å². The fourth-order valence-corrected chi connectivity index (χ4v) is 3.71. The summed E-state index contributed by atoms with van der Waals surface area (Å²) >= 11 is 0. The number of nitrogens with one attached hydrogen (secondary N) is 1. The molecule has 0 saturated heterocycles. The molecule has 1 amide bonds. The number of carbonyl (C=O) groups is 2. The number of carbonyl (C=O) groups excluding carboxylic acids is 2. The van der Waals surface area contributed by atoms with Gasteiger partial charge < -0.3 is 10.1 Å². The third-order valence-corrected chi connectivity index (χ3v) is 5.22. The van der Waals surface area contributed by atoms with Crippen molar-refractivity contribution in [1.82, 2.24) is 0 Å². The van der Waals surface area contributed by atoms with Gasteiger partial charge in [-0.1, -0.05) is 6.07 Å². The topological polar surface area (TPSA) is 92.8 Å². The van der Waals surface area contributed by atoms with E-state index in [0.717, 1.165) is 10.4 Å². The van der Waals surface area contributed by atoms with Gasteiger partial charge in [0.25, 0.3) is 10.0 Å². The van der Waals surface area contributed by atoms with Gasteiger partial charge in [-0.3, -0.25) is 13.9 Å². The molecule has 27 heavy (non-hydrogen) atoms. The molecule has 0 bridgehead atoms. The number of anilines is 2. The van der Waals surface area contributed by atoms with E-state index in [1.54, 1.807) is 6.92 Å². The number of ether oxygens (including phenoxy) is 1. The van der Waals surface area contributed by atoms with Crippen molar-refractivity contribution in [2.45, 2.75) is 18.7 Å². The van der Waals surface area contributed by atoms with Gasteiger partial charge in [0.2, 0.25) is 5.91 Å². The Balaban J connectivity index is 2.43. The molecule has 0 saturated carbocycles. The van der Waals surface area contributed by atoms with Crippen molar-refractivity contribution in [1.29, 1.82) is 0 Å². The molecular formula is C18H19FN2O5S. The summed E-state index contributed by atoms with van der Waals surface area (Å²) < 4.78 is 45.3. The number of halogens is 1. The molecule has 0 fully saturated rings. The van der Waals surface area contributed by atoms with Crippen LogP contribution >= 0.6 is 0 Å². The average molecular weight is 394 g/mol. The molecule has 0 heterocycles. The van der Waals surface area contributed by atoms with Crippen molar-refractivity contribution >= 4 is 33.3 Å². The number of rotatable bonds is 7. The minimum atomic E-state index is -4.18. The number of sulfonamides is 1. The molecule has 0 spiro atoms. The molecule has 7 nitrogen and oxygen atoms in total. The number of benzene rings is 2. The summed E-state index contributed by atoms with van der Waals surface area (Å²) in [5.41, 5.74) is 0.415. The summed E-state index contributed by atoms with van der Waals surface area (Å²) in [5, 5.41) is 2.53. The van der Waals surface area contributed by atoms with E-state index in [4.69, 9.17) is 4.74 Å². The first-order chi connectivity index (χ1) is 12.7. The number of esters is 1. The number of hydrogen-bond acceptors (Lipinski definition) is 5. The minimum Gasteiger partial charge on any atom is -0.465 e. The van der Waals surface area contributed by atoms with Crippen molar-refractivity contribution in [2.75, 3.05) is 22.8 Å². The summed E-state index contributed by atoms with van der Waals surface area (Å²) in [6.07, 6.45) is 0. The van der Waals surface area contributed by atoms with Gasteiger partial charge in [-0.25, -0.2) is 12.8 Å². The molecule has 2 aromatic carbocycles. The maximum Gasteiger partial charge on any atom is 0.326 e. The molecule has 2 rings (SSSR count). The van der Waals surface area contributed by atoms with E-state index in [1.807, 2.05) is 0 Å². The highest BCUT2D eigenvalue weighted by Gasteiger charge is 2.28. The molecule has 0 unspecified atom stereocenters. The Bertz CT molecular complexity index is 929. The zero-order valence-corrected chi connectivity index (χ0v) is 15.6. The Morgan fingerprint density at radius 3 is 2.37 bits per heavy atom. The highest BCUT2D eigenvalue weighted by atomic mass is 32.2. The summed E-state index contributed by atoms with van der Waals surface area (Å²) in [5.74, 6) is -1.70. The lowest BCUT2D eigenvalue weighted by Gasteiger charge is -2.23. The van der Waals surface area contributed by atoms with Crippen LogP contribution in [-0.2, 0) is 24.3 Å². The van der Waals surface area contributed by atoms with Gasteiger partial charge in [0.15, 0.2) is 0 Å². The van der Waals surface area contributed by atoms with E-state index in [-0.39, 0.29) is 23.1 Å². The van der Waals surface area contributed by atoms with E-state index in [9.17, 15) is 22.4 Å². The van der Waals surface area contributed by atoms with Gasteiger partial charge in [0.1, 0.15) is 12.4 Å². The first kappa shape index (κ1) is 20.4. The van der Waals surface area contributed by atoms with Gasteiger partial charge in [-0.05, 0) is 49.4 Å². The Kier molecular flexibility index (Phi) is 6.51. The molecule has 0 radical (unpaired) electrons. The van der Waals surface area contributed by atoms with Crippen LogP contribution in [0.3, 0.4) is 0 Å². The highest BCUT2D eigenvalue weighted by molar-refractivity contribution is 7.92. The molecule has 9 heteroatoms. The van der Waals surface area contributed by atoms with Crippen LogP contribution in [0.2, 0.25) is 0 Å². The quantitative estimate of drug-likeness (QED) is 0.729. The van der Waals surface area contributed by atoms with Crippen LogP contribution < -0.4 is 9.62 Å². The number of hydrogen-bond donors (Lipinski definition) is 1. The second-order valence-electron chi connectivity index (χ2n) is 5.50. The van der Waals surface area contributed by atoms with Gasteiger partial charge in [0, 0.05) is 12.6 Å². The maximum atomic E-state index is 13.6. The minimum absolute atomic E-state index is 0.00556. The van der Waals surface area contributed by atoms with E-state index in [0.29, 0.717) is 5.69 Å². The molecule has 0 aliphatic carbocycles. The predicted octanol–water partition coefficient (Wildman–Crippen LogP) is 2.54. The van der Waals surface area contributed by atoms with Crippen LogP contribution in [0, 0.1) is 5.82 Å². The lowest BCUT2D eigenvalue weighted by Crippen LogP contribution is -2.36. The average Bonchev–Trinajstić information content (AvgIpc) is 2.60. The van der Waals surface area contributed by atoms with Crippen molar-refractivity contribution in [3.8, 4) is 0 Å². The SMILES string of the molecule is CCOC(=O)CN(c1cccc(F)c1)S(=O)(=O)c1ccc(NC(C)=O)cc1. The van der Waals surface area contributed by atoms with Gasteiger partial charge >= 0.3 is 5.97 Å². The Labute approximate surface area is 156 Å². The van der Waals surface area contributed by atoms with E-state index in [2.05, 4.69) is 5.32 Å². The number of amides is 1. The lowest BCUT2D eigenvalue weighted by atomic mass is 10.3. The first-order valence-corrected chi connectivity index (χ1v) is 9.49. The van der Waals surface area contributed by atoms with Gasteiger partial charge in [-0.2, -0.15) is 0 Å². The van der Waals surface area contributed by atoms with Gasteiger partial charge in [0.05, 0.1) is 17.2 Å². The van der Waals surface area contributed by atoms with E-state index < -0.39 is 28.4 Å². The molecule has 144 valence electrons. The van der Waals surface area contributed by atoms with Crippen LogP contribution in [0.5, 0.6) is 0 Å². The lowest BCUT2D eigenvalue weighted by molar-refractivity contribution is -0.141. The van der Waals surface area contributed by atoms with Crippen LogP contribution in [0.25, 0.3) is 0 Å². The standard InChI is InChI=1S/C18H19FN2O5S/c1-3-26-18(23)12-21(16-6-4-5-14(19)11-16)27(24,25)17-9-7-15(8-10-17)20-13(2)22/h4-11H,3,12H2,1-2H3,(H,20,22). The normalized spacial score (nSPS) is 10.9. The molecule has 0 atom stereocenters. The highest BCUT2D eigenvalue weighted by Crippen LogP contribution is 2.25. The summed E-state index contributed by atoms with van der Waals surface area (Å²) in [7, 11) is -4.18. The Hall–Kier alpha value is -2.94. The van der Waals surface area contributed by atoms with Crippen LogP contribution in [0.4, 0.5) is 15.8 Å². The van der Waals surface area contributed by atoms with Crippen LogP contribution in [-0.4, -0.2) is 33.4 Å². The van der Waals surface area contributed by atoms with Crippen LogP contribution in [0.1, 0.15) is 13.8 Å². The predicted molar refractivity (Wildman–Crippen MR) is 98.3 cm³/mol. The second kappa shape index (κ2) is 8.63. The molecule has 0 aliphatic heterocycles. The van der Waals surface area contributed by atoms with Crippen molar-refractivity contribution in [3.05, 3.63) is 54.3 Å². The summed E-state index contributed by atoms with van der Waals surface area (Å²) in [6, 6.07) is 10.3. The zero-order valence-electron chi connectivity index (χ0n) is 14.8. The molecule has 0 aliphatic rings. The van der Waals surface area contributed by atoms with Crippen molar-refractivity contribution in [2.24, 2.45) is 0 Å². The van der Waals surface area contributed by atoms with Crippen molar-refractivity contribution < 1.29 is 27.1 Å². The zero-order chi connectivity index (χ0) is 20.0.